The fourth-order valence-electron chi connectivity index (χ4n) is 1.25. The first-order chi connectivity index (χ1) is 5.83. The first-order valence-electron chi connectivity index (χ1n) is 3.53. The number of hydrogen-bond donors (Lipinski definition) is 0. The second-order valence-corrected chi connectivity index (χ2v) is 2.89. The number of rotatable bonds is 1. The van der Waals surface area contributed by atoms with E-state index in [4.69, 9.17) is 11.6 Å². The summed E-state index contributed by atoms with van der Waals surface area (Å²) in [7, 11) is 0. The van der Waals surface area contributed by atoms with E-state index in [0.717, 1.165) is 10.9 Å². The highest BCUT2D eigenvalue weighted by atomic mass is 35.5. The van der Waals surface area contributed by atoms with Crippen molar-refractivity contribution in [3.8, 4) is 0 Å². The number of para-hydroxylation sites is 1. The van der Waals surface area contributed by atoms with Gasteiger partial charge in [-0.1, -0.05) is 29.8 Å². The van der Waals surface area contributed by atoms with Gasteiger partial charge in [0.25, 0.3) is 0 Å². The van der Waals surface area contributed by atoms with Gasteiger partial charge in [-0.2, -0.15) is 0 Å². The lowest BCUT2D eigenvalue weighted by Crippen LogP contribution is -1.92. The van der Waals surface area contributed by atoms with Crippen molar-refractivity contribution in [2.24, 2.45) is 0 Å². The molecule has 0 amide bonds. The summed E-state index contributed by atoms with van der Waals surface area (Å²) in [5, 5.41) is 1.43. The summed E-state index contributed by atoms with van der Waals surface area (Å²) in [6.07, 6.45) is 0.713. The molecule has 0 unspecified atom stereocenters. The van der Waals surface area contributed by atoms with Crippen LogP contribution in [0.4, 0.5) is 0 Å². The van der Waals surface area contributed by atoms with Crippen molar-refractivity contribution in [1.29, 1.82) is 0 Å². The molecule has 0 fully saturated rings. The zero-order valence-corrected chi connectivity index (χ0v) is 6.95. The Morgan fingerprint density at radius 3 is 2.83 bits per heavy atom. The van der Waals surface area contributed by atoms with Crippen LogP contribution < -0.4 is 0 Å². The lowest BCUT2D eigenvalue weighted by atomic mass is 10.2. The molecule has 2 nitrogen and oxygen atoms in total. The molecule has 0 aliphatic rings. The molecule has 1 aromatic carbocycles. The molecule has 0 saturated carbocycles. The predicted octanol–water partition coefficient (Wildman–Crippen LogP) is 2.33. The maximum Gasteiger partial charge on any atom is 0.219 e. The van der Waals surface area contributed by atoms with Crippen molar-refractivity contribution in [2.45, 2.75) is 0 Å². The third kappa shape index (κ3) is 0.924. The van der Waals surface area contributed by atoms with Gasteiger partial charge in [0, 0.05) is 5.39 Å². The van der Waals surface area contributed by atoms with Crippen LogP contribution in [0.2, 0.25) is 5.15 Å². The molecule has 1 heterocycles. The van der Waals surface area contributed by atoms with E-state index in [1.165, 1.54) is 4.57 Å². The van der Waals surface area contributed by atoms with Crippen LogP contribution in [-0.2, 0) is 4.79 Å². The second-order valence-electron chi connectivity index (χ2n) is 2.50. The zero-order valence-electron chi connectivity index (χ0n) is 6.20. The molecular formula is C9H6ClNO. The largest absolute Gasteiger partial charge is 0.278 e. The summed E-state index contributed by atoms with van der Waals surface area (Å²) >= 11 is 5.80. The molecule has 2 aromatic rings. The fourth-order valence-corrected chi connectivity index (χ4v) is 1.50. The Balaban J connectivity index is 2.90. The van der Waals surface area contributed by atoms with Crippen molar-refractivity contribution in [3.05, 3.63) is 35.5 Å². The first-order valence-corrected chi connectivity index (χ1v) is 3.91. The molecule has 0 N–H and O–H groups in total. The van der Waals surface area contributed by atoms with Crippen molar-refractivity contribution in [2.75, 3.05) is 0 Å². The van der Waals surface area contributed by atoms with Crippen LogP contribution in [0.25, 0.3) is 10.9 Å². The quantitative estimate of drug-likeness (QED) is 0.616. The molecule has 60 valence electrons. The molecule has 0 atom stereocenters. The summed E-state index contributed by atoms with van der Waals surface area (Å²) in [6, 6.07) is 9.33. The second kappa shape index (κ2) is 2.64. The Hall–Kier alpha value is -1.28. The number of carbonyl (C=O) groups is 1. The summed E-state index contributed by atoms with van der Waals surface area (Å²) in [5.74, 6) is 0. The van der Waals surface area contributed by atoms with E-state index < -0.39 is 0 Å². The lowest BCUT2D eigenvalue weighted by Gasteiger charge is -1.93. The maximum atomic E-state index is 10.6. The standard InChI is InChI=1S/C9H6ClNO/c10-9-5-7-3-1-2-4-8(7)11(9)6-12/h1-6H. The monoisotopic (exact) mass is 179 g/mol. The molecule has 0 aliphatic heterocycles. The Kier molecular flexibility index (Phi) is 1.62. The maximum absolute atomic E-state index is 10.6. The summed E-state index contributed by atoms with van der Waals surface area (Å²) < 4.78 is 1.41. The summed E-state index contributed by atoms with van der Waals surface area (Å²) in [4.78, 5) is 10.6. The van der Waals surface area contributed by atoms with Gasteiger partial charge < -0.3 is 0 Å². The SMILES string of the molecule is O=Cn1c(Cl)cc2ccccc21. The Morgan fingerprint density at radius 2 is 2.08 bits per heavy atom. The fraction of sp³-hybridized carbons (Fsp3) is 0. The van der Waals surface area contributed by atoms with E-state index in [9.17, 15) is 4.79 Å². The number of aromatic nitrogens is 1. The minimum Gasteiger partial charge on any atom is -0.278 e. The van der Waals surface area contributed by atoms with Crippen molar-refractivity contribution in [1.82, 2.24) is 4.57 Å². The third-order valence-electron chi connectivity index (χ3n) is 1.81. The predicted molar refractivity (Wildman–Crippen MR) is 49.1 cm³/mol. The molecular weight excluding hydrogens is 174 g/mol. The van der Waals surface area contributed by atoms with Gasteiger partial charge in [0.1, 0.15) is 5.15 Å². The number of fused-ring (bicyclic) bond motifs is 1. The molecule has 0 aliphatic carbocycles. The van der Waals surface area contributed by atoms with Gasteiger partial charge in [0.05, 0.1) is 5.52 Å². The molecule has 1 aromatic heterocycles. The van der Waals surface area contributed by atoms with Gasteiger partial charge >= 0.3 is 0 Å². The van der Waals surface area contributed by atoms with E-state index in [2.05, 4.69) is 0 Å². The van der Waals surface area contributed by atoms with Crippen LogP contribution in [0.5, 0.6) is 0 Å². The highest BCUT2D eigenvalue weighted by Crippen LogP contribution is 2.21. The minimum atomic E-state index is 0.450. The van der Waals surface area contributed by atoms with Crippen LogP contribution in [-0.4, -0.2) is 11.0 Å². The molecule has 0 radical (unpaired) electrons. The third-order valence-corrected chi connectivity index (χ3v) is 2.10. The molecule has 3 heteroatoms. The van der Waals surface area contributed by atoms with Crippen LogP contribution >= 0.6 is 11.6 Å². The van der Waals surface area contributed by atoms with Gasteiger partial charge in [-0.15, -0.1) is 0 Å². The van der Waals surface area contributed by atoms with Crippen LogP contribution in [0.15, 0.2) is 30.3 Å². The van der Waals surface area contributed by atoms with Gasteiger partial charge in [-0.25, -0.2) is 0 Å². The average Bonchev–Trinajstić information content (AvgIpc) is 2.40. The topological polar surface area (TPSA) is 22.0 Å². The van der Waals surface area contributed by atoms with E-state index in [-0.39, 0.29) is 0 Å². The molecule has 12 heavy (non-hydrogen) atoms. The van der Waals surface area contributed by atoms with Crippen molar-refractivity contribution in [3.63, 3.8) is 0 Å². The highest BCUT2D eigenvalue weighted by Gasteiger charge is 2.03. The zero-order chi connectivity index (χ0) is 8.55. The normalized spacial score (nSPS) is 10.4. The number of nitrogens with zero attached hydrogens (tertiary/aromatic N) is 1. The van der Waals surface area contributed by atoms with Crippen LogP contribution in [0.3, 0.4) is 0 Å². The number of hydrogen-bond acceptors (Lipinski definition) is 1. The van der Waals surface area contributed by atoms with Gasteiger partial charge in [-0.3, -0.25) is 9.36 Å². The van der Waals surface area contributed by atoms with Gasteiger partial charge in [0.15, 0.2) is 0 Å². The lowest BCUT2D eigenvalue weighted by molar-refractivity contribution is 0.549. The first kappa shape index (κ1) is 7.37. The van der Waals surface area contributed by atoms with Crippen molar-refractivity contribution >= 4 is 28.9 Å². The van der Waals surface area contributed by atoms with E-state index in [1.807, 2.05) is 24.3 Å². The van der Waals surface area contributed by atoms with Crippen molar-refractivity contribution < 1.29 is 4.79 Å². The Labute approximate surface area is 74.4 Å². The average molecular weight is 180 g/mol. The number of benzene rings is 1. The Bertz CT molecular complexity index is 433. The minimum absolute atomic E-state index is 0.450. The molecule has 0 saturated heterocycles. The number of halogens is 1. The summed E-state index contributed by atoms with van der Waals surface area (Å²) in [5.41, 5.74) is 0.845. The van der Waals surface area contributed by atoms with E-state index >= 15 is 0 Å². The van der Waals surface area contributed by atoms with Crippen LogP contribution in [0.1, 0.15) is 0 Å². The van der Waals surface area contributed by atoms with E-state index in [1.54, 1.807) is 6.07 Å². The molecule has 0 spiro atoms. The summed E-state index contributed by atoms with van der Waals surface area (Å²) in [6.45, 7) is 0. The molecule has 2 rings (SSSR count). The van der Waals surface area contributed by atoms with E-state index in [0.29, 0.717) is 11.6 Å². The van der Waals surface area contributed by atoms with Crippen LogP contribution in [0, 0.1) is 0 Å². The molecule has 0 bridgehead atoms. The van der Waals surface area contributed by atoms with Gasteiger partial charge in [0.2, 0.25) is 6.41 Å². The number of carbonyl (C=O) groups excluding carboxylic acids is 1. The Morgan fingerprint density at radius 1 is 1.33 bits per heavy atom. The highest BCUT2D eigenvalue weighted by molar-refractivity contribution is 6.31. The smallest absolute Gasteiger partial charge is 0.219 e. The van der Waals surface area contributed by atoms with Gasteiger partial charge in [-0.05, 0) is 12.1 Å².